The van der Waals surface area contributed by atoms with E-state index in [2.05, 4.69) is 4.74 Å². The Bertz CT molecular complexity index is 272. The van der Waals surface area contributed by atoms with Crippen molar-refractivity contribution in [3.8, 4) is 0 Å². The van der Waals surface area contributed by atoms with Gasteiger partial charge in [0.15, 0.2) is 0 Å². The van der Waals surface area contributed by atoms with Crippen LogP contribution < -0.4 is 0 Å². The van der Waals surface area contributed by atoms with E-state index in [1.807, 2.05) is 6.92 Å². The number of unbranched alkanes of at least 4 members (excludes halogenated alkanes) is 2. The third kappa shape index (κ3) is 6.71. The molecule has 0 bridgehead atoms. The summed E-state index contributed by atoms with van der Waals surface area (Å²) in [5.74, 6) is -2.78. The summed E-state index contributed by atoms with van der Waals surface area (Å²) in [6, 6.07) is 0. The van der Waals surface area contributed by atoms with Gasteiger partial charge in [0.2, 0.25) is 0 Å². The molecule has 1 unspecified atom stereocenters. The van der Waals surface area contributed by atoms with Gasteiger partial charge < -0.3 is 9.84 Å². The van der Waals surface area contributed by atoms with Crippen LogP contribution in [0.4, 0.5) is 0 Å². The van der Waals surface area contributed by atoms with Gasteiger partial charge in [-0.05, 0) is 12.8 Å². The van der Waals surface area contributed by atoms with Crippen molar-refractivity contribution in [3.05, 3.63) is 0 Å². The van der Waals surface area contributed by atoms with Crippen LogP contribution in [-0.2, 0) is 19.1 Å². The van der Waals surface area contributed by atoms with Crippen molar-refractivity contribution >= 4 is 17.7 Å². The van der Waals surface area contributed by atoms with Gasteiger partial charge in [-0.15, -0.1) is 0 Å². The molecule has 0 heterocycles. The molecule has 0 aromatic heterocycles. The van der Waals surface area contributed by atoms with Gasteiger partial charge in [-0.25, -0.2) is 0 Å². The quantitative estimate of drug-likeness (QED) is 0.380. The molecule has 0 saturated heterocycles. The van der Waals surface area contributed by atoms with Crippen molar-refractivity contribution in [2.75, 3.05) is 7.11 Å². The molecule has 0 radical (unpaired) electrons. The van der Waals surface area contributed by atoms with E-state index in [4.69, 9.17) is 5.11 Å². The van der Waals surface area contributed by atoms with E-state index < -0.39 is 17.9 Å². The number of carboxylic acid groups (broad SMARTS) is 1. The van der Waals surface area contributed by atoms with E-state index in [0.717, 1.165) is 19.3 Å². The molecule has 0 aromatic carbocycles. The van der Waals surface area contributed by atoms with Crippen LogP contribution in [0, 0.1) is 5.92 Å². The SMILES string of the molecule is CCCCCC(=O)C(CCC(=O)O)C(=O)OC. The molecule has 0 aromatic rings. The average molecular weight is 244 g/mol. The number of ether oxygens (including phenoxy) is 1. The smallest absolute Gasteiger partial charge is 0.316 e. The first kappa shape index (κ1) is 15.6. The van der Waals surface area contributed by atoms with Gasteiger partial charge in [0.1, 0.15) is 11.7 Å². The minimum absolute atomic E-state index is 0.0208. The zero-order valence-electron chi connectivity index (χ0n) is 10.4. The summed E-state index contributed by atoms with van der Waals surface area (Å²) >= 11 is 0. The Kier molecular flexibility index (Phi) is 8.01. The number of ketones is 1. The number of carbonyl (C=O) groups is 3. The van der Waals surface area contributed by atoms with Crippen LogP contribution in [0.3, 0.4) is 0 Å². The number of hydrogen-bond donors (Lipinski definition) is 1. The first-order chi connectivity index (χ1) is 8.02. The average Bonchev–Trinajstić information content (AvgIpc) is 2.28. The van der Waals surface area contributed by atoms with Gasteiger partial charge in [0.05, 0.1) is 7.11 Å². The Balaban J connectivity index is 4.30. The van der Waals surface area contributed by atoms with Crippen LogP contribution in [-0.4, -0.2) is 29.9 Å². The third-order valence-electron chi connectivity index (χ3n) is 2.55. The fourth-order valence-electron chi connectivity index (χ4n) is 1.54. The molecular formula is C12H20O5. The van der Waals surface area contributed by atoms with Gasteiger partial charge in [0.25, 0.3) is 0 Å². The van der Waals surface area contributed by atoms with Crippen LogP contribution in [0.15, 0.2) is 0 Å². The lowest BCUT2D eigenvalue weighted by molar-refractivity contribution is -0.150. The van der Waals surface area contributed by atoms with Crippen LogP contribution >= 0.6 is 0 Å². The maximum atomic E-state index is 11.7. The summed E-state index contributed by atoms with van der Waals surface area (Å²) in [6.07, 6.45) is 2.79. The number of rotatable bonds is 9. The fourth-order valence-corrected chi connectivity index (χ4v) is 1.54. The Labute approximate surface area is 101 Å². The molecular weight excluding hydrogens is 224 g/mol. The fraction of sp³-hybridized carbons (Fsp3) is 0.750. The Morgan fingerprint density at radius 3 is 2.29 bits per heavy atom. The molecule has 17 heavy (non-hydrogen) atoms. The lowest BCUT2D eigenvalue weighted by Gasteiger charge is -2.12. The zero-order chi connectivity index (χ0) is 13.3. The molecule has 0 spiro atoms. The number of esters is 1. The molecule has 0 fully saturated rings. The minimum Gasteiger partial charge on any atom is -0.481 e. The predicted octanol–water partition coefficient (Wildman–Crippen LogP) is 1.79. The van der Waals surface area contributed by atoms with Gasteiger partial charge in [-0.3, -0.25) is 14.4 Å². The summed E-state index contributed by atoms with van der Waals surface area (Å²) < 4.78 is 4.52. The maximum Gasteiger partial charge on any atom is 0.316 e. The molecule has 0 aliphatic heterocycles. The van der Waals surface area contributed by atoms with E-state index in [1.54, 1.807) is 0 Å². The van der Waals surface area contributed by atoms with Crippen LogP contribution in [0.5, 0.6) is 0 Å². The van der Waals surface area contributed by atoms with E-state index in [0.29, 0.717) is 6.42 Å². The molecule has 5 heteroatoms. The third-order valence-corrected chi connectivity index (χ3v) is 2.55. The summed E-state index contributed by atoms with van der Waals surface area (Å²) in [5, 5.41) is 8.55. The monoisotopic (exact) mass is 244 g/mol. The highest BCUT2D eigenvalue weighted by atomic mass is 16.5. The molecule has 5 nitrogen and oxygen atoms in total. The number of carboxylic acids is 1. The highest BCUT2D eigenvalue weighted by molar-refractivity contribution is 5.99. The molecule has 0 aliphatic carbocycles. The molecule has 98 valence electrons. The molecule has 0 saturated carbocycles. The summed E-state index contributed by atoms with van der Waals surface area (Å²) in [4.78, 5) is 33.5. The second-order valence-corrected chi connectivity index (χ2v) is 3.93. The van der Waals surface area contributed by atoms with Crippen molar-refractivity contribution < 1.29 is 24.2 Å². The van der Waals surface area contributed by atoms with Crippen molar-refractivity contribution in [2.24, 2.45) is 5.92 Å². The lowest BCUT2D eigenvalue weighted by atomic mass is 9.94. The van der Waals surface area contributed by atoms with Crippen molar-refractivity contribution in [2.45, 2.75) is 45.4 Å². The van der Waals surface area contributed by atoms with Crippen LogP contribution in [0.25, 0.3) is 0 Å². The highest BCUT2D eigenvalue weighted by Gasteiger charge is 2.27. The van der Waals surface area contributed by atoms with Gasteiger partial charge >= 0.3 is 11.9 Å². The molecule has 1 atom stereocenters. The first-order valence-electron chi connectivity index (χ1n) is 5.85. The van der Waals surface area contributed by atoms with Crippen LogP contribution in [0.1, 0.15) is 45.4 Å². The van der Waals surface area contributed by atoms with Gasteiger partial charge in [-0.1, -0.05) is 19.8 Å². The number of methoxy groups -OCH3 is 1. The second kappa shape index (κ2) is 8.73. The molecule has 0 rings (SSSR count). The topological polar surface area (TPSA) is 80.7 Å². The largest absolute Gasteiger partial charge is 0.481 e. The van der Waals surface area contributed by atoms with Crippen molar-refractivity contribution in [1.29, 1.82) is 0 Å². The summed E-state index contributed by atoms with van der Waals surface area (Å²) in [6.45, 7) is 2.02. The van der Waals surface area contributed by atoms with Gasteiger partial charge in [-0.2, -0.15) is 0 Å². The molecule has 0 aliphatic rings. The first-order valence-corrected chi connectivity index (χ1v) is 5.85. The van der Waals surface area contributed by atoms with Crippen LogP contribution in [0.2, 0.25) is 0 Å². The Morgan fingerprint density at radius 2 is 1.82 bits per heavy atom. The van der Waals surface area contributed by atoms with Crippen molar-refractivity contribution in [3.63, 3.8) is 0 Å². The number of carbonyl (C=O) groups excluding carboxylic acids is 2. The number of aliphatic carboxylic acids is 1. The van der Waals surface area contributed by atoms with Crippen molar-refractivity contribution in [1.82, 2.24) is 0 Å². The van der Waals surface area contributed by atoms with Gasteiger partial charge in [0, 0.05) is 12.8 Å². The summed E-state index contributed by atoms with van der Waals surface area (Å²) in [5.41, 5.74) is 0. The zero-order valence-corrected chi connectivity index (χ0v) is 10.4. The summed E-state index contributed by atoms with van der Waals surface area (Å²) in [7, 11) is 1.20. The van der Waals surface area contributed by atoms with E-state index in [1.165, 1.54) is 7.11 Å². The van der Waals surface area contributed by atoms with E-state index >= 15 is 0 Å². The molecule has 1 N–H and O–H groups in total. The van der Waals surface area contributed by atoms with E-state index in [9.17, 15) is 14.4 Å². The number of Topliss-reactive ketones (excluding diaryl/α,β-unsaturated/α-hetero) is 1. The second-order valence-electron chi connectivity index (χ2n) is 3.93. The van der Waals surface area contributed by atoms with E-state index in [-0.39, 0.29) is 18.6 Å². The normalized spacial score (nSPS) is 11.9. The molecule has 0 amide bonds. The standard InChI is InChI=1S/C12H20O5/c1-3-4-5-6-10(13)9(12(16)17-2)7-8-11(14)15/h9H,3-8H2,1-2H3,(H,14,15). The Morgan fingerprint density at radius 1 is 1.18 bits per heavy atom. The number of hydrogen-bond acceptors (Lipinski definition) is 4. The maximum absolute atomic E-state index is 11.7. The Hall–Kier alpha value is -1.39. The predicted molar refractivity (Wildman–Crippen MR) is 61.5 cm³/mol. The lowest BCUT2D eigenvalue weighted by Crippen LogP contribution is -2.26. The highest BCUT2D eigenvalue weighted by Crippen LogP contribution is 2.14. The minimum atomic E-state index is -1.01.